The van der Waals surface area contributed by atoms with Crippen LogP contribution in [0, 0.1) is 0 Å². The number of carbonyl (C=O) groups excluding carboxylic acids is 2. The fourth-order valence-corrected chi connectivity index (χ4v) is 2.16. The molecule has 1 aromatic carbocycles. The topological polar surface area (TPSA) is 53.9 Å². The van der Waals surface area contributed by atoms with Gasteiger partial charge in [-0.25, -0.2) is 0 Å². The summed E-state index contributed by atoms with van der Waals surface area (Å²) >= 11 is 11.8. The number of nitrogens with one attached hydrogen (secondary N) is 2. The Balaban J connectivity index is 2.52. The summed E-state index contributed by atoms with van der Waals surface area (Å²) in [5, 5.41) is 3.51. The molecule has 2 amide bonds. The van der Waals surface area contributed by atoms with Crippen molar-refractivity contribution in [3.05, 3.63) is 33.8 Å². The van der Waals surface area contributed by atoms with Gasteiger partial charge < -0.3 is 15.1 Å². The maximum atomic E-state index is 12.0. The van der Waals surface area contributed by atoms with E-state index in [1.54, 1.807) is 26.2 Å². The molecule has 0 aliphatic heterocycles. The maximum Gasteiger partial charge on any atom is 0.277 e. The number of carbonyl (C=O) groups is 2. The number of amides is 2. The normalized spacial score (nSPS) is 11.9. The van der Waals surface area contributed by atoms with Crippen molar-refractivity contribution in [1.29, 1.82) is 0 Å². The molecule has 5 nitrogen and oxygen atoms in total. The van der Waals surface area contributed by atoms with Crippen molar-refractivity contribution >= 4 is 35.0 Å². The van der Waals surface area contributed by atoms with Crippen LogP contribution in [-0.2, 0) is 16.1 Å². The van der Waals surface area contributed by atoms with Crippen LogP contribution in [0.1, 0.15) is 5.56 Å². The van der Waals surface area contributed by atoms with Crippen LogP contribution < -0.4 is 10.2 Å². The Morgan fingerprint density at radius 1 is 1.29 bits per heavy atom. The summed E-state index contributed by atoms with van der Waals surface area (Å²) in [6, 6.07) is 5.43. The Labute approximate surface area is 134 Å². The van der Waals surface area contributed by atoms with E-state index in [4.69, 9.17) is 23.2 Å². The standard InChI is InChI=1S/C14H19Cl2N3O2/c1-17-13(20)8-19(3)14(21)9-18(2)7-10-4-5-11(15)12(16)6-10/h4-6H,7-9H2,1-3H3,(H,17,20)/p+1. The summed E-state index contributed by atoms with van der Waals surface area (Å²) in [6.07, 6.45) is 0. The quantitative estimate of drug-likeness (QED) is 0.782. The van der Waals surface area contributed by atoms with Crippen molar-refractivity contribution in [2.45, 2.75) is 6.54 Å². The molecular weight excluding hydrogens is 313 g/mol. The van der Waals surface area contributed by atoms with E-state index in [-0.39, 0.29) is 18.4 Å². The minimum absolute atomic E-state index is 0.0649. The zero-order chi connectivity index (χ0) is 16.0. The lowest BCUT2D eigenvalue weighted by Crippen LogP contribution is -3.08. The Kier molecular flexibility index (Phi) is 6.95. The summed E-state index contributed by atoms with van der Waals surface area (Å²) in [5.74, 6) is -0.274. The summed E-state index contributed by atoms with van der Waals surface area (Å²) in [6.45, 7) is 1.01. The van der Waals surface area contributed by atoms with E-state index in [1.165, 1.54) is 4.90 Å². The van der Waals surface area contributed by atoms with Gasteiger partial charge in [-0.2, -0.15) is 0 Å². The van der Waals surface area contributed by atoms with Gasteiger partial charge in [-0.3, -0.25) is 9.59 Å². The molecule has 1 rings (SSSR count). The Morgan fingerprint density at radius 2 is 1.95 bits per heavy atom. The summed E-state index contributed by atoms with van der Waals surface area (Å²) < 4.78 is 0. The molecule has 0 bridgehead atoms. The molecule has 2 N–H and O–H groups in total. The highest BCUT2D eigenvalue weighted by atomic mass is 35.5. The predicted octanol–water partition coefficient (Wildman–Crippen LogP) is 0.213. The highest BCUT2D eigenvalue weighted by Crippen LogP contribution is 2.22. The smallest absolute Gasteiger partial charge is 0.277 e. The molecule has 7 heteroatoms. The second-order valence-electron chi connectivity index (χ2n) is 4.98. The lowest BCUT2D eigenvalue weighted by atomic mass is 10.2. The predicted molar refractivity (Wildman–Crippen MR) is 83.6 cm³/mol. The first-order valence-electron chi connectivity index (χ1n) is 6.53. The number of quaternary nitrogens is 1. The van der Waals surface area contributed by atoms with Crippen LogP contribution >= 0.6 is 23.2 Å². The van der Waals surface area contributed by atoms with Gasteiger partial charge in [0.2, 0.25) is 5.91 Å². The number of hydrogen-bond acceptors (Lipinski definition) is 2. The molecule has 0 aromatic heterocycles. The number of rotatable bonds is 6. The van der Waals surface area contributed by atoms with E-state index < -0.39 is 0 Å². The van der Waals surface area contributed by atoms with Gasteiger partial charge in [-0.1, -0.05) is 29.3 Å². The molecule has 1 atom stereocenters. The molecule has 116 valence electrons. The average Bonchev–Trinajstić information content (AvgIpc) is 2.42. The Hall–Kier alpha value is -1.30. The van der Waals surface area contributed by atoms with Crippen molar-refractivity contribution in [3.8, 4) is 0 Å². The molecule has 0 saturated heterocycles. The van der Waals surface area contributed by atoms with E-state index >= 15 is 0 Å². The molecule has 1 unspecified atom stereocenters. The van der Waals surface area contributed by atoms with Gasteiger partial charge in [-0.15, -0.1) is 0 Å². The fraction of sp³-hybridized carbons (Fsp3) is 0.429. The van der Waals surface area contributed by atoms with E-state index in [9.17, 15) is 9.59 Å². The second-order valence-corrected chi connectivity index (χ2v) is 5.80. The zero-order valence-electron chi connectivity index (χ0n) is 12.4. The SMILES string of the molecule is CNC(=O)CN(C)C(=O)C[NH+](C)Cc1ccc(Cl)c(Cl)c1. The third kappa shape index (κ3) is 5.91. The number of benzene rings is 1. The molecule has 0 fully saturated rings. The monoisotopic (exact) mass is 332 g/mol. The largest absolute Gasteiger partial charge is 0.358 e. The highest BCUT2D eigenvalue weighted by Gasteiger charge is 2.17. The van der Waals surface area contributed by atoms with Gasteiger partial charge in [0.05, 0.1) is 23.6 Å². The van der Waals surface area contributed by atoms with Crippen molar-refractivity contribution < 1.29 is 14.5 Å². The van der Waals surface area contributed by atoms with Crippen LogP contribution in [0.5, 0.6) is 0 Å². The highest BCUT2D eigenvalue weighted by molar-refractivity contribution is 6.42. The van der Waals surface area contributed by atoms with Gasteiger partial charge in [-0.05, 0) is 12.1 Å². The molecule has 0 heterocycles. The van der Waals surface area contributed by atoms with Crippen LogP contribution in [0.4, 0.5) is 0 Å². The lowest BCUT2D eigenvalue weighted by molar-refractivity contribution is -0.885. The Bertz CT molecular complexity index is 523. The van der Waals surface area contributed by atoms with Crippen LogP contribution in [0.2, 0.25) is 10.0 Å². The molecule has 0 aliphatic rings. The van der Waals surface area contributed by atoms with Gasteiger partial charge >= 0.3 is 0 Å². The maximum absolute atomic E-state index is 12.0. The molecule has 0 radical (unpaired) electrons. The minimum Gasteiger partial charge on any atom is -0.358 e. The number of hydrogen-bond donors (Lipinski definition) is 2. The fourth-order valence-electron chi connectivity index (χ4n) is 1.84. The molecule has 21 heavy (non-hydrogen) atoms. The first-order valence-corrected chi connectivity index (χ1v) is 7.28. The third-order valence-electron chi connectivity index (χ3n) is 3.03. The lowest BCUT2D eigenvalue weighted by Gasteiger charge is -2.19. The molecular formula is C14H20Cl2N3O2+. The third-order valence-corrected chi connectivity index (χ3v) is 3.77. The van der Waals surface area contributed by atoms with Crippen molar-refractivity contribution in [3.63, 3.8) is 0 Å². The number of halogens is 2. The van der Waals surface area contributed by atoms with Gasteiger partial charge in [0.25, 0.3) is 5.91 Å². The number of nitrogens with zero attached hydrogens (tertiary/aromatic N) is 1. The molecule has 0 aliphatic carbocycles. The molecule has 0 saturated carbocycles. The summed E-state index contributed by atoms with van der Waals surface area (Å²) in [5.41, 5.74) is 1.00. The summed E-state index contributed by atoms with van der Waals surface area (Å²) in [7, 11) is 5.07. The van der Waals surface area contributed by atoms with Crippen LogP contribution in [-0.4, -0.2) is 50.9 Å². The van der Waals surface area contributed by atoms with Crippen molar-refractivity contribution in [2.75, 3.05) is 34.2 Å². The van der Waals surface area contributed by atoms with Crippen molar-refractivity contribution in [1.82, 2.24) is 10.2 Å². The first kappa shape index (κ1) is 17.8. The Morgan fingerprint density at radius 3 is 2.52 bits per heavy atom. The number of likely N-dealkylation sites (N-methyl/N-ethyl adjacent to an activating group) is 3. The van der Waals surface area contributed by atoms with Gasteiger partial charge in [0, 0.05) is 19.7 Å². The van der Waals surface area contributed by atoms with E-state index in [1.807, 2.05) is 13.1 Å². The van der Waals surface area contributed by atoms with Crippen LogP contribution in [0.25, 0.3) is 0 Å². The molecule has 1 aromatic rings. The average molecular weight is 333 g/mol. The van der Waals surface area contributed by atoms with Gasteiger partial charge in [0.15, 0.2) is 6.54 Å². The first-order chi connectivity index (χ1) is 9.83. The van der Waals surface area contributed by atoms with E-state index in [2.05, 4.69) is 5.32 Å². The van der Waals surface area contributed by atoms with Crippen LogP contribution in [0.15, 0.2) is 18.2 Å². The van der Waals surface area contributed by atoms with Crippen LogP contribution in [0.3, 0.4) is 0 Å². The molecule has 0 spiro atoms. The second kappa shape index (κ2) is 8.22. The summed E-state index contributed by atoms with van der Waals surface area (Å²) in [4.78, 5) is 25.6. The minimum atomic E-state index is -0.187. The van der Waals surface area contributed by atoms with E-state index in [0.717, 1.165) is 10.5 Å². The zero-order valence-corrected chi connectivity index (χ0v) is 13.9. The van der Waals surface area contributed by atoms with Crippen molar-refractivity contribution in [2.24, 2.45) is 0 Å². The van der Waals surface area contributed by atoms with E-state index in [0.29, 0.717) is 23.1 Å². The van der Waals surface area contributed by atoms with Gasteiger partial charge in [0.1, 0.15) is 6.54 Å².